The van der Waals surface area contributed by atoms with Crippen molar-refractivity contribution in [2.24, 2.45) is 0 Å². The van der Waals surface area contributed by atoms with E-state index in [1.807, 2.05) is 74.5 Å². The topological polar surface area (TPSA) is 54.4 Å². The molecule has 0 saturated heterocycles. The van der Waals surface area contributed by atoms with Crippen LogP contribution < -0.4 is 4.46 Å². The Morgan fingerprint density at radius 2 is 1.43 bits per heavy atom. The van der Waals surface area contributed by atoms with Crippen molar-refractivity contribution in [3.63, 3.8) is 0 Å². The molecule has 3 nitrogen and oxygen atoms in total. The van der Waals surface area contributed by atoms with Gasteiger partial charge in [-0.25, -0.2) is 0 Å². The Labute approximate surface area is 185 Å². The minimum atomic E-state index is -3.91. The third-order valence-corrected chi connectivity index (χ3v) is 9.77. The molecule has 5 heteroatoms. The number of aryl methyl sites for hydroxylation is 1. The molecule has 0 spiro atoms. The average Bonchev–Trinajstić information content (AvgIpc) is 2.74. The molecule has 0 saturated carbocycles. The second-order valence-corrected chi connectivity index (χ2v) is 11.5. The first kappa shape index (κ1) is 22.5. The predicted molar refractivity (Wildman–Crippen MR) is 124 cm³/mol. The summed E-state index contributed by atoms with van der Waals surface area (Å²) in [5, 5.41) is 11.3. The van der Waals surface area contributed by atoms with Gasteiger partial charge in [-0.1, -0.05) is 0 Å². The van der Waals surface area contributed by atoms with Crippen molar-refractivity contribution < 1.29 is 13.5 Å². The number of aliphatic hydroxyl groups is 1. The number of hydrogen-bond donors (Lipinski definition) is 1. The van der Waals surface area contributed by atoms with Crippen LogP contribution in [0.3, 0.4) is 0 Å². The summed E-state index contributed by atoms with van der Waals surface area (Å²) in [5.74, 6) is 0. The molecule has 0 radical (unpaired) electrons. The molecule has 0 aliphatic heterocycles. The van der Waals surface area contributed by atoms with E-state index >= 15 is 0 Å². The van der Waals surface area contributed by atoms with Crippen molar-refractivity contribution in [1.82, 2.24) is 0 Å². The predicted octanol–water partition coefficient (Wildman–Crippen LogP) is 4.33. The number of sulfone groups is 1. The van der Waals surface area contributed by atoms with Crippen molar-refractivity contribution in [2.75, 3.05) is 0 Å². The average molecular weight is 486 g/mol. The molecule has 0 aliphatic rings. The summed E-state index contributed by atoms with van der Waals surface area (Å²) >= 11 is -0.311. The third-order valence-electron chi connectivity index (χ3n) is 4.98. The van der Waals surface area contributed by atoms with E-state index in [1.165, 1.54) is 0 Å². The Kier molecular flexibility index (Phi) is 6.99. The molecule has 0 fully saturated rings. The van der Waals surface area contributed by atoms with Gasteiger partial charge in [-0.2, -0.15) is 0 Å². The second-order valence-electron chi connectivity index (χ2n) is 7.38. The SMILES string of the molecule is CCC(C)(O)/C(=C(/[Se]c1ccccc1)c1ccccc1)S(=O)(=O)c1ccc(C)cc1. The standard InChI is InChI=1S/C25H26O3SSe/c1-4-25(3,26)24(29(27,28)21-17-15-19(2)16-18-21)23(20-11-7-5-8-12-20)30-22-13-9-6-10-14-22/h5-18,26H,4H2,1-3H3/b24-23-. The van der Waals surface area contributed by atoms with Crippen LogP contribution >= 0.6 is 0 Å². The summed E-state index contributed by atoms with van der Waals surface area (Å²) in [6, 6.07) is 26.2. The zero-order valence-electron chi connectivity index (χ0n) is 17.4. The van der Waals surface area contributed by atoms with Crippen LogP contribution in [0.5, 0.6) is 0 Å². The minimum absolute atomic E-state index is 0.0939. The van der Waals surface area contributed by atoms with Gasteiger partial charge in [-0.05, 0) is 0 Å². The van der Waals surface area contributed by atoms with Crippen LogP contribution in [-0.4, -0.2) is 34.1 Å². The number of benzene rings is 3. The second kappa shape index (κ2) is 9.32. The van der Waals surface area contributed by atoms with Gasteiger partial charge in [0.25, 0.3) is 0 Å². The molecule has 1 unspecified atom stereocenters. The van der Waals surface area contributed by atoms with Crippen LogP contribution in [0.15, 0.2) is 94.7 Å². The first-order valence-electron chi connectivity index (χ1n) is 9.83. The molecule has 0 aromatic heterocycles. The Bertz CT molecular complexity index is 1120. The quantitative estimate of drug-likeness (QED) is 0.507. The van der Waals surface area contributed by atoms with Gasteiger partial charge in [-0.3, -0.25) is 0 Å². The summed E-state index contributed by atoms with van der Waals surface area (Å²) in [5.41, 5.74) is 0.310. The van der Waals surface area contributed by atoms with Crippen molar-refractivity contribution in [3.8, 4) is 0 Å². The molecule has 30 heavy (non-hydrogen) atoms. The molecule has 3 aromatic carbocycles. The van der Waals surface area contributed by atoms with E-state index in [-0.39, 0.29) is 31.2 Å². The molecular weight excluding hydrogens is 459 g/mol. The first-order chi connectivity index (χ1) is 14.3. The van der Waals surface area contributed by atoms with Crippen LogP contribution in [0.4, 0.5) is 0 Å². The summed E-state index contributed by atoms with van der Waals surface area (Å²) in [4.78, 5) is 0.297. The summed E-state index contributed by atoms with van der Waals surface area (Å²) in [6.07, 6.45) is 0.286. The van der Waals surface area contributed by atoms with Crippen LogP contribution in [0.25, 0.3) is 4.47 Å². The van der Waals surface area contributed by atoms with E-state index in [0.29, 0.717) is 4.47 Å². The van der Waals surface area contributed by atoms with Gasteiger partial charge in [0, 0.05) is 0 Å². The molecular formula is C25H26O3SSe. The van der Waals surface area contributed by atoms with Gasteiger partial charge < -0.3 is 0 Å². The van der Waals surface area contributed by atoms with E-state index < -0.39 is 15.4 Å². The van der Waals surface area contributed by atoms with E-state index in [0.717, 1.165) is 15.6 Å². The van der Waals surface area contributed by atoms with Gasteiger partial charge >= 0.3 is 186 Å². The Balaban J connectivity index is 2.33. The molecule has 0 bridgehead atoms. The van der Waals surface area contributed by atoms with Gasteiger partial charge in [0.15, 0.2) is 0 Å². The van der Waals surface area contributed by atoms with Crippen molar-refractivity contribution in [2.45, 2.75) is 37.7 Å². The molecule has 0 heterocycles. The Morgan fingerprint density at radius 3 is 1.97 bits per heavy atom. The number of rotatable bonds is 7. The molecule has 3 aromatic rings. The van der Waals surface area contributed by atoms with Crippen LogP contribution in [0.2, 0.25) is 0 Å². The molecule has 0 aliphatic carbocycles. The van der Waals surface area contributed by atoms with E-state index in [9.17, 15) is 13.5 Å². The van der Waals surface area contributed by atoms with Gasteiger partial charge in [0.1, 0.15) is 0 Å². The molecule has 1 atom stereocenters. The summed E-state index contributed by atoms with van der Waals surface area (Å²) < 4.78 is 29.4. The van der Waals surface area contributed by atoms with Gasteiger partial charge in [-0.15, -0.1) is 0 Å². The molecule has 156 valence electrons. The normalized spacial score (nSPS) is 14.7. The first-order valence-corrected chi connectivity index (χ1v) is 13.0. The van der Waals surface area contributed by atoms with Crippen LogP contribution in [-0.2, 0) is 9.84 Å². The monoisotopic (exact) mass is 486 g/mol. The van der Waals surface area contributed by atoms with Crippen LogP contribution in [0.1, 0.15) is 31.4 Å². The van der Waals surface area contributed by atoms with Gasteiger partial charge in [0.2, 0.25) is 0 Å². The fourth-order valence-corrected chi connectivity index (χ4v) is 8.10. The van der Waals surface area contributed by atoms with E-state index in [1.54, 1.807) is 31.2 Å². The maximum atomic E-state index is 13.8. The summed E-state index contributed by atoms with van der Waals surface area (Å²) in [7, 11) is -3.91. The van der Waals surface area contributed by atoms with Crippen molar-refractivity contribution in [3.05, 3.63) is 101 Å². The van der Waals surface area contributed by atoms with Crippen molar-refractivity contribution >= 4 is 33.7 Å². The van der Waals surface area contributed by atoms with E-state index in [2.05, 4.69) is 0 Å². The number of hydrogen-bond acceptors (Lipinski definition) is 3. The Morgan fingerprint density at radius 1 is 0.900 bits per heavy atom. The fourth-order valence-electron chi connectivity index (χ4n) is 3.08. The fraction of sp³-hybridized carbons (Fsp3) is 0.200. The zero-order valence-corrected chi connectivity index (χ0v) is 19.9. The Hall–Kier alpha value is -2.17. The molecule has 3 rings (SSSR count). The van der Waals surface area contributed by atoms with Crippen LogP contribution in [0, 0.1) is 6.92 Å². The van der Waals surface area contributed by atoms with Gasteiger partial charge in [0.05, 0.1) is 0 Å². The molecule has 1 N–H and O–H groups in total. The van der Waals surface area contributed by atoms with E-state index in [4.69, 9.17) is 0 Å². The molecule has 0 amide bonds. The maximum absolute atomic E-state index is 13.8. The summed E-state index contributed by atoms with van der Waals surface area (Å²) in [6.45, 7) is 5.32. The third kappa shape index (κ3) is 4.93. The van der Waals surface area contributed by atoms with Crippen molar-refractivity contribution in [1.29, 1.82) is 0 Å². The zero-order chi connectivity index (χ0) is 21.8.